The molecule has 2 rings (SSSR count). The summed E-state index contributed by atoms with van der Waals surface area (Å²) in [4.78, 5) is 26.8. The van der Waals surface area contributed by atoms with Crippen LogP contribution in [0.5, 0.6) is 5.75 Å². The first kappa shape index (κ1) is 20.5. The number of carbonyl (C=O) groups excluding carboxylic acids is 2. The van der Waals surface area contributed by atoms with Gasteiger partial charge in [0.1, 0.15) is 11.8 Å². The van der Waals surface area contributed by atoms with Crippen LogP contribution in [0.25, 0.3) is 0 Å². The van der Waals surface area contributed by atoms with Crippen LogP contribution >= 0.6 is 0 Å². The van der Waals surface area contributed by atoms with E-state index in [0.29, 0.717) is 18.7 Å². The number of nitrogens with zero attached hydrogens (tertiary/aromatic N) is 1. The molecule has 1 N–H and O–H groups in total. The number of likely N-dealkylation sites (N-methyl/N-ethyl adjacent to an activating group) is 1. The Balaban J connectivity index is 2.12. The zero-order valence-electron chi connectivity index (χ0n) is 16.3. The van der Waals surface area contributed by atoms with Gasteiger partial charge in [-0.05, 0) is 36.1 Å². The van der Waals surface area contributed by atoms with Gasteiger partial charge in [0.25, 0.3) is 5.91 Å². The number of amides is 2. The predicted molar refractivity (Wildman–Crippen MR) is 106 cm³/mol. The monoisotopic (exact) mass is 368 g/mol. The number of hydrogen-bond acceptors (Lipinski definition) is 3. The molecule has 27 heavy (non-hydrogen) atoms. The van der Waals surface area contributed by atoms with E-state index < -0.39 is 6.04 Å². The molecule has 144 valence electrons. The molecule has 2 amide bonds. The highest BCUT2D eigenvalue weighted by molar-refractivity contribution is 5.88. The Morgan fingerprint density at radius 3 is 2.22 bits per heavy atom. The molecule has 0 aliphatic heterocycles. The quantitative estimate of drug-likeness (QED) is 0.740. The van der Waals surface area contributed by atoms with Gasteiger partial charge in [-0.25, -0.2) is 0 Å². The molecule has 0 saturated carbocycles. The van der Waals surface area contributed by atoms with Crippen LogP contribution in [0.15, 0.2) is 54.6 Å². The van der Waals surface area contributed by atoms with Crippen molar-refractivity contribution in [1.29, 1.82) is 0 Å². The van der Waals surface area contributed by atoms with Crippen LogP contribution in [0.1, 0.15) is 31.4 Å². The van der Waals surface area contributed by atoms with E-state index in [1.165, 1.54) is 5.56 Å². The Morgan fingerprint density at radius 1 is 1.00 bits per heavy atom. The third kappa shape index (κ3) is 5.84. The lowest BCUT2D eigenvalue weighted by atomic mass is 10.1. The van der Waals surface area contributed by atoms with Gasteiger partial charge in [0.05, 0.1) is 0 Å². The molecule has 0 saturated heterocycles. The predicted octanol–water partition coefficient (Wildman–Crippen LogP) is 3.18. The maximum atomic E-state index is 12.9. The lowest BCUT2D eigenvalue weighted by Gasteiger charge is -2.30. The highest BCUT2D eigenvalue weighted by atomic mass is 16.5. The fourth-order valence-electron chi connectivity index (χ4n) is 2.92. The molecule has 0 aliphatic carbocycles. The Hall–Kier alpha value is -2.82. The lowest BCUT2D eigenvalue weighted by Crippen LogP contribution is -2.49. The maximum absolute atomic E-state index is 12.9. The first-order chi connectivity index (χ1) is 13.1. The zero-order valence-corrected chi connectivity index (χ0v) is 16.3. The van der Waals surface area contributed by atoms with Crippen LogP contribution < -0.4 is 10.1 Å². The highest BCUT2D eigenvalue weighted by Gasteiger charge is 2.28. The molecule has 5 heteroatoms. The van der Waals surface area contributed by atoms with E-state index in [1.807, 2.05) is 61.5 Å². The second-order valence-corrected chi connectivity index (χ2v) is 6.33. The number of nitrogens with one attached hydrogen (secondary N) is 1. The number of aryl methyl sites for hydroxylation is 1. The minimum Gasteiger partial charge on any atom is -0.484 e. The van der Waals surface area contributed by atoms with Crippen LogP contribution in [0.4, 0.5) is 0 Å². The normalized spacial score (nSPS) is 11.5. The van der Waals surface area contributed by atoms with Crippen molar-refractivity contribution in [3.8, 4) is 5.75 Å². The molecule has 0 radical (unpaired) electrons. The standard InChI is InChI=1S/C22H28N2O3/c1-4-17-11-13-19(14-12-17)27-16-21(25)24(20(5-2)22(26)23-3)15-18-9-7-6-8-10-18/h6-14,20H,4-5,15-16H2,1-3H3,(H,23,26)/t20-/m0/s1. The molecular weight excluding hydrogens is 340 g/mol. The molecular formula is C22H28N2O3. The number of hydrogen-bond donors (Lipinski definition) is 1. The number of ether oxygens (including phenoxy) is 1. The summed E-state index contributed by atoms with van der Waals surface area (Å²) in [6.45, 7) is 4.25. The van der Waals surface area contributed by atoms with Crippen LogP contribution in [0.2, 0.25) is 0 Å². The van der Waals surface area contributed by atoms with Gasteiger partial charge in [-0.15, -0.1) is 0 Å². The maximum Gasteiger partial charge on any atom is 0.261 e. The molecule has 5 nitrogen and oxygen atoms in total. The summed E-state index contributed by atoms with van der Waals surface area (Å²) < 4.78 is 5.67. The molecule has 0 aromatic heterocycles. The van der Waals surface area contributed by atoms with Gasteiger partial charge in [-0.3, -0.25) is 9.59 Å². The highest BCUT2D eigenvalue weighted by Crippen LogP contribution is 2.15. The minimum absolute atomic E-state index is 0.105. The summed E-state index contributed by atoms with van der Waals surface area (Å²) in [5.41, 5.74) is 2.19. The summed E-state index contributed by atoms with van der Waals surface area (Å²) in [7, 11) is 1.59. The van der Waals surface area contributed by atoms with Crippen molar-refractivity contribution in [3.05, 3.63) is 65.7 Å². The Kier molecular flexibility index (Phi) is 7.86. The second-order valence-electron chi connectivity index (χ2n) is 6.33. The van der Waals surface area contributed by atoms with E-state index in [-0.39, 0.29) is 18.4 Å². The smallest absolute Gasteiger partial charge is 0.261 e. The third-order valence-corrected chi connectivity index (χ3v) is 4.52. The second kappa shape index (κ2) is 10.4. The van der Waals surface area contributed by atoms with Gasteiger partial charge in [0.2, 0.25) is 5.91 Å². The molecule has 0 fully saturated rings. The Labute approximate surface area is 161 Å². The van der Waals surface area contributed by atoms with E-state index in [2.05, 4.69) is 12.2 Å². The molecule has 0 heterocycles. The fraction of sp³-hybridized carbons (Fsp3) is 0.364. The SMILES string of the molecule is CCc1ccc(OCC(=O)N(Cc2ccccc2)[C@@H](CC)C(=O)NC)cc1. The first-order valence-corrected chi connectivity index (χ1v) is 9.35. The average Bonchev–Trinajstić information content (AvgIpc) is 2.72. The third-order valence-electron chi connectivity index (χ3n) is 4.52. The van der Waals surface area contributed by atoms with Crippen molar-refractivity contribution >= 4 is 11.8 Å². The van der Waals surface area contributed by atoms with Gasteiger partial charge < -0.3 is 15.0 Å². The fourth-order valence-corrected chi connectivity index (χ4v) is 2.92. The molecule has 0 spiro atoms. The summed E-state index contributed by atoms with van der Waals surface area (Å²) in [6, 6.07) is 16.8. The van der Waals surface area contributed by atoms with E-state index in [4.69, 9.17) is 4.74 Å². The topological polar surface area (TPSA) is 58.6 Å². The van der Waals surface area contributed by atoms with Crippen LogP contribution in [-0.4, -0.2) is 36.4 Å². The van der Waals surface area contributed by atoms with Crippen molar-refractivity contribution in [1.82, 2.24) is 10.2 Å². The van der Waals surface area contributed by atoms with Crippen LogP contribution in [0, 0.1) is 0 Å². The number of carbonyl (C=O) groups is 2. The van der Waals surface area contributed by atoms with E-state index in [1.54, 1.807) is 11.9 Å². The van der Waals surface area contributed by atoms with Gasteiger partial charge in [-0.2, -0.15) is 0 Å². The molecule has 0 aliphatic rings. The van der Waals surface area contributed by atoms with Crippen molar-refractivity contribution in [2.45, 2.75) is 39.3 Å². The summed E-state index contributed by atoms with van der Waals surface area (Å²) in [5.74, 6) is 0.260. The van der Waals surface area contributed by atoms with Crippen molar-refractivity contribution in [2.24, 2.45) is 0 Å². The van der Waals surface area contributed by atoms with E-state index in [0.717, 1.165) is 12.0 Å². The zero-order chi connectivity index (χ0) is 19.6. The number of benzene rings is 2. The number of rotatable bonds is 9. The van der Waals surface area contributed by atoms with Gasteiger partial charge >= 0.3 is 0 Å². The summed E-state index contributed by atoms with van der Waals surface area (Å²) >= 11 is 0. The van der Waals surface area contributed by atoms with Crippen molar-refractivity contribution < 1.29 is 14.3 Å². The van der Waals surface area contributed by atoms with Crippen molar-refractivity contribution in [2.75, 3.05) is 13.7 Å². The van der Waals surface area contributed by atoms with Gasteiger partial charge in [0, 0.05) is 13.6 Å². The van der Waals surface area contributed by atoms with Crippen LogP contribution in [0.3, 0.4) is 0 Å². The van der Waals surface area contributed by atoms with Gasteiger partial charge in [-0.1, -0.05) is 56.3 Å². The Morgan fingerprint density at radius 2 is 1.67 bits per heavy atom. The van der Waals surface area contributed by atoms with Gasteiger partial charge in [0.15, 0.2) is 6.61 Å². The molecule has 1 atom stereocenters. The molecule has 2 aromatic rings. The van der Waals surface area contributed by atoms with E-state index in [9.17, 15) is 9.59 Å². The van der Waals surface area contributed by atoms with Crippen molar-refractivity contribution in [3.63, 3.8) is 0 Å². The Bertz CT molecular complexity index is 729. The molecule has 0 unspecified atom stereocenters. The first-order valence-electron chi connectivity index (χ1n) is 9.35. The van der Waals surface area contributed by atoms with E-state index >= 15 is 0 Å². The average molecular weight is 368 g/mol. The minimum atomic E-state index is -0.534. The molecule has 0 bridgehead atoms. The summed E-state index contributed by atoms with van der Waals surface area (Å²) in [6.07, 6.45) is 1.48. The van der Waals surface area contributed by atoms with Crippen LogP contribution in [-0.2, 0) is 22.6 Å². The summed E-state index contributed by atoms with van der Waals surface area (Å²) in [5, 5.41) is 2.65. The lowest BCUT2D eigenvalue weighted by molar-refractivity contribution is -0.142. The largest absolute Gasteiger partial charge is 0.484 e. The molecule has 2 aromatic carbocycles.